The first-order valence-electron chi connectivity index (χ1n) is 7.19. The van der Waals surface area contributed by atoms with E-state index in [1.54, 1.807) is 12.1 Å². The van der Waals surface area contributed by atoms with Gasteiger partial charge in [-0.2, -0.15) is 4.31 Å². The Balaban J connectivity index is 2.17. The first-order valence-corrected chi connectivity index (χ1v) is 9.01. The molecule has 0 aliphatic heterocycles. The van der Waals surface area contributed by atoms with Gasteiger partial charge in [-0.25, -0.2) is 8.42 Å². The van der Waals surface area contributed by atoms with Crippen LogP contribution in [-0.4, -0.2) is 44.5 Å². The molecule has 1 amide bonds. The van der Waals surface area contributed by atoms with E-state index in [9.17, 15) is 13.2 Å². The fourth-order valence-electron chi connectivity index (χ4n) is 2.25. The Labute approximate surface area is 150 Å². The Bertz CT molecular complexity index is 875. The molecule has 0 aliphatic rings. The molecular weight excluding hydrogens is 370 g/mol. The van der Waals surface area contributed by atoms with Gasteiger partial charge in [-0.3, -0.25) is 4.79 Å². The van der Waals surface area contributed by atoms with Crippen molar-refractivity contribution < 1.29 is 22.5 Å². The van der Waals surface area contributed by atoms with Crippen molar-refractivity contribution in [2.75, 3.05) is 26.0 Å². The van der Waals surface area contributed by atoms with E-state index in [2.05, 4.69) is 10.5 Å². The number of likely N-dealkylation sites (N-methyl/N-ethyl adjacent to an activating group) is 1. The maximum absolute atomic E-state index is 12.6. The van der Waals surface area contributed by atoms with Crippen molar-refractivity contribution >= 4 is 33.2 Å². The largest absolute Gasteiger partial charge is 0.495 e. The van der Waals surface area contributed by atoms with Crippen LogP contribution in [0.25, 0.3) is 0 Å². The molecule has 0 radical (unpaired) electrons. The number of carbonyl (C=O) groups excluding carboxylic acids is 1. The minimum atomic E-state index is -3.91. The number of hydrogen-bond acceptors (Lipinski definition) is 6. The minimum absolute atomic E-state index is 0.0388. The molecule has 0 unspecified atom stereocenters. The highest BCUT2D eigenvalue weighted by Crippen LogP contribution is 2.28. The molecule has 10 heteroatoms. The lowest BCUT2D eigenvalue weighted by Crippen LogP contribution is -2.35. The molecule has 1 heterocycles. The highest BCUT2D eigenvalue weighted by atomic mass is 35.5. The third kappa shape index (κ3) is 4.12. The second-order valence-electron chi connectivity index (χ2n) is 5.31. The van der Waals surface area contributed by atoms with Gasteiger partial charge in [0.1, 0.15) is 16.3 Å². The van der Waals surface area contributed by atoms with Crippen LogP contribution in [0.1, 0.15) is 11.5 Å². The van der Waals surface area contributed by atoms with Gasteiger partial charge in [-0.15, -0.1) is 0 Å². The molecule has 0 saturated heterocycles. The number of aryl methyl sites for hydroxylation is 2. The molecule has 2 aromatic rings. The summed E-state index contributed by atoms with van der Waals surface area (Å²) in [4.78, 5) is 12.2. The third-order valence-corrected chi connectivity index (χ3v) is 5.72. The van der Waals surface area contributed by atoms with Crippen molar-refractivity contribution in [2.45, 2.75) is 18.7 Å². The lowest BCUT2D eigenvalue weighted by molar-refractivity contribution is -0.116. The summed E-state index contributed by atoms with van der Waals surface area (Å²) in [6.07, 6.45) is 0. The molecule has 1 aromatic heterocycles. The monoisotopic (exact) mass is 387 g/mol. The molecule has 0 aliphatic carbocycles. The molecule has 1 aromatic carbocycles. The van der Waals surface area contributed by atoms with Crippen molar-refractivity contribution in [1.29, 1.82) is 0 Å². The van der Waals surface area contributed by atoms with Crippen molar-refractivity contribution in [3.63, 3.8) is 0 Å². The van der Waals surface area contributed by atoms with Crippen LogP contribution in [0.2, 0.25) is 5.02 Å². The summed E-state index contributed by atoms with van der Waals surface area (Å²) in [5, 5.41) is 6.63. The minimum Gasteiger partial charge on any atom is -0.495 e. The van der Waals surface area contributed by atoms with E-state index < -0.39 is 22.5 Å². The molecule has 0 saturated carbocycles. The summed E-state index contributed by atoms with van der Waals surface area (Å²) < 4.78 is 36.1. The third-order valence-electron chi connectivity index (χ3n) is 3.44. The van der Waals surface area contributed by atoms with Crippen LogP contribution in [0.5, 0.6) is 5.75 Å². The second kappa shape index (κ2) is 7.42. The van der Waals surface area contributed by atoms with Crippen LogP contribution >= 0.6 is 11.6 Å². The first kappa shape index (κ1) is 19.2. The van der Waals surface area contributed by atoms with Crippen LogP contribution in [0, 0.1) is 13.8 Å². The van der Waals surface area contributed by atoms with E-state index in [1.165, 1.54) is 34.1 Å². The quantitative estimate of drug-likeness (QED) is 0.815. The number of anilines is 1. The highest BCUT2D eigenvalue weighted by Gasteiger charge is 2.29. The second-order valence-corrected chi connectivity index (χ2v) is 7.73. The highest BCUT2D eigenvalue weighted by molar-refractivity contribution is 7.89. The lowest BCUT2D eigenvalue weighted by atomic mass is 10.3. The van der Waals surface area contributed by atoms with Gasteiger partial charge < -0.3 is 14.6 Å². The molecule has 136 valence electrons. The molecule has 1 N–H and O–H groups in total. The number of aromatic nitrogens is 1. The van der Waals surface area contributed by atoms with E-state index >= 15 is 0 Å². The summed E-state index contributed by atoms with van der Waals surface area (Å²) in [5.41, 5.74) is 0.587. The average Bonchev–Trinajstić information content (AvgIpc) is 2.86. The maximum Gasteiger partial charge on any atom is 0.248 e. The number of benzene rings is 1. The fourth-order valence-corrected chi connectivity index (χ4v) is 3.84. The molecule has 25 heavy (non-hydrogen) atoms. The van der Waals surface area contributed by atoms with Crippen molar-refractivity contribution in [3.05, 3.63) is 34.7 Å². The Morgan fingerprint density at radius 1 is 1.40 bits per heavy atom. The number of sulfonamides is 1. The summed E-state index contributed by atoms with van der Waals surface area (Å²) in [6, 6.07) is 4.73. The van der Waals surface area contributed by atoms with Gasteiger partial charge in [-0.05, 0) is 32.0 Å². The molecule has 0 fully saturated rings. The van der Waals surface area contributed by atoms with E-state index in [0.717, 1.165) is 4.31 Å². The number of ether oxygens (including phenoxy) is 1. The summed E-state index contributed by atoms with van der Waals surface area (Å²) in [6.45, 7) is 2.62. The normalized spacial score (nSPS) is 11.6. The predicted molar refractivity (Wildman–Crippen MR) is 92.4 cm³/mol. The molecule has 0 bridgehead atoms. The van der Waals surface area contributed by atoms with Crippen LogP contribution in [0.3, 0.4) is 0 Å². The molecular formula is C15H18ClN3O5S. The van der Waals surface area contributed by atoms with E-state index in [1.807, 2.05) is 0 Å². The average molecular weight is 388 g/mol. The Morgan fingerprint density at radius 2 is 2.08 bits per heavy atom. The Hall–Kier alpha value is -2.10. The van der Waals surface area contributed by atoms with Crippen molar-refractivity contribution in [3.8, 4) is 5.75 Å². The zero-order chi connectivity index (χ0) is 18.8. The molecule has 0 atom stereocenters. The van der Waals surface area contributed by atoms with Crippen molar-refractivity contribution in [2.24, 2.45) is 0 Å². The number of nitrogens with zero attached hydrogens (tertiary/aromatic N) is 2. The maximum atomic E-state index is 12.6. The Morgan fingerprint density at radius 3 is 2.64 bits per heavy atom. The van der Waals surface area contributed by atoms with E-state index in [0.29, 0.717) is 16.5 Å². The van der Waals surface area contributed by atoms with Gasteiger partial charge in [0, 0.05) is 12.1 Å². The number of nitrogens with one attached hydrogen (secondary N) is 1. The number of methoxy groups -OCH3 is 1. The number of halogens is 1. The summed E-state index contributed by atoms with van der Waals surface area (Å²) in [5.74, 6) is 0.0358. The van der Waals surface area contributed by atoms with E-state index in [-0.39, 0.29) is 16.3 Å². The molecule has 2 rings (SSSR count). The predicted octanol–water partition coefficient (Wildman–Crippen LogP) is 2.21. The number of rotatable bonds is 6. The molecule has 8 nitrogen and oxygen atoms in total. The number of amides is 1. The number of carbonyl (C=O) groups is 1. The van der Waals surface area contributed by atoms with Gasteiger partial charge in [0.15, 0.2) is 5.76 Å². The standard InChI is InChI=1S/C15H18ClN3O5S/c1-9-15(10(2)24-18-9)25(21,22)19(3)8-14(20)17-12-7-11(16)5-6-13(12)23-4/h5-7H,8H2,1-4H3,(H,17,20). The van der Waals surface area contributed by atoms with Crippen LogP contribution < -0.4 is 10.1 Å². The first-order chi connectivity index (χ1) is 11.7. The van der Waals surface area contributed by atoms with Gasteiger partial charge in [0.05, 0.1) is 19.3 Å². The van der Waals surface area contributed by atoms with Gasteiger partial charge in [0.25, 0.3) is 0 Å². The van der Waals surface area contributed by atoms with E-state index in [4.69, 9.17) is 20.9 Å². The van der Waals surface area contributed by atoms with Crippen LogP contribution in [0.4, 0.5) is 5.69 Å². The van der Waals surface area contributed by atoms with Crippen LogP contribution in [0.15, 0.2) is 27.6 Å². The topological polar surface area (TPSA) is 102 Å². The fraction of sp³-hybridized carbons (Fsp3) is 0.333. The SMILES string of the molecule is COc1ccc(Cl)cc1NC(=O)CN(C)S(=O)(=O)c1c(C)noc1C. The van der Waals surface area contributed by atoms with Gasteiger partial charge in [0.2, 0.25) is 15.9 Å². The van der Waals surface area contributed by atoms with Crippen molar-refractivity contribution in [1.82, 2.24) is 9.46 Å². The summed E-state index contributed by atoms with van der Waals surface area (Å²) in [7, 11) is -1.16. The van der Waals surface area contributed by atoms with Crippen LogP contribution in [-0.2, 0) is 14.8 Å². The zero-order valence-corrected chi connectivity index (χ0v) is 15.7. The Kier molecular flexibility index (Phi) is 5.71. The van der Waals surface area contributed by atoms with Gasteiger partial charge in [-0.1, -0.05) is 16.8 Å². The number of hydrogen-bond donors (Lipinski definition) is 1. The van der Waals surface area contributed by atoms with Gasteiger partial charge >= 0.3 is 0 Å². The summed E-state index contributed by atoms with van der Waals surface area (Å²) >= 11 is 5.91. The zero-order valence-electron chi connectivity index (χ0n) is 14.2. The lowest BCUT2D eigenvalue weighted by Gasteiger charge is -2.17. The smallest absolute Gasteiger partial charge is 0.248 e. The molecule has 0 spiro atoms.